The smallest absolute Gasteiger partial charge is 0.255 e. The lowest BCUT2D eigenvalue weighted by Crippen LogP contribution is -2.35. The molecule has 3 rings (SSSR count). The van der Waals surface area contributed by atoms with Gasteiger partial charge in [0.05, 0.1) is 22.6 Å². The van der Waals surface area contributed by atoms with Gasteiger partial charge in [-0.05, 0) is 42.3 Å². The molecule has 33 heavy (non-hydrogen) atoms. The van der Waals surface area contributed by atoms with Crippen molar-refractivity contribution in [2.75, 3.05) is 46.4 Å². The van der Waals surface area contributed by atoms with E-state index >= 15 is 0 Å². The number of halogens is 1. The van der Waals surface area contributed by atoms with Crippen molar-refractivity contribution in [1.82, 2.24) is 14.1 Å². The summed E-state index contributed by atoms with van der Waals surface area (Å²) >= 11 is 6.33. The van der Waals surface area contributed by atoms with Gasteiger partial charge in [0.25, 0.3) is 5.91 Å². The average Bonchev–Trinajstić information content (AvgIpc) is 3.05. The molecule has 1 fully saturated rings. The first-order chi connectivity index (χ1) is 15.8. The highest BCUT2D eigenvalue weighted by Gasteiger charge is 2.26. The van der Waals surface area contributed by atoms with Crippen molar-refractivity contribution in [1.29, 1.82) is 0 Å². The molecule has 0 radical (unpaired) electrons. The summed E-state index contributed by atoms with van der Waals surface area (Å²) in [6, 6.07) is 12.4. The second-order valence-corrected chi connectivity index (χ2v) is 10.3. The Hall–Kier alpha value is -2.13. The highest BCUT2D eigenvalue weighted by molar-refractivity contribution is 7.89. The average molecular weight is 494 g/mol. The van der Waals surface area contributed by atoms with Crippen molar-refractivity contribution < 1.29 is 17.9 Å². The summed E-state index contributed by atoms with van der Waals surface area (Å²) in [5, 5.41) is 0.262. The number of amides is 1. The van der Waals surface area contributed by atoms with Crippen LogP contribution in [0.25, 0.3) is 0 Å². The summed E-state index contributed by atoms with van der Waals surface area (Å²) in [7, 11) is -2.02. The first kappa shape index (κ1) is 25.5. The molecule has 0 atom stereocenters. The standard InChI is InChI=1S/C24H32ClN3O4S/c1-4-28(5-2)33(30,31)21-11-12-23(25)22(17-21)24(29)27-14-6-13-26(15-16-27)18-19-7-9-20(32-3)10-8-19/h7-12,17H,4-6,13-16,18H2,1-3H3. The summed E-state index contributed by atoms with van der Waals surface area (Å²) in [5.74, 6) is 0.594. The van der Waals surface area contributed by atoms with Crippen LogP contribution in [0.2, 0.25) is 5.02 Å². The van der Waals surface area contributed by atoms with Crippen LogP contribution in [0.5, 0.6) is 5.75 Å². The van der Waals surface area contributed by atoms with Crippen molar-refractivity contribution in [2.24, 2.45) is 0 Å². The molecule has 9 heteroatoms. The van der Waals surface area contributed by atoms with Gasteiger partial charge in [-0.15, -0.1) is 0 Å². The minimum absolute atomic E-state index is 0.0925. The molecular weight excluding hydrogens is 462 g/mol. The molecule has 2 aromatic rings. The maximum absolute atomic E-state index is 13.3. The van der Waals surface area contributed by atoms with E-state index < -0.39 is 10.0 Å². The van der Waals surface area contributed by atoms with Gasteiger partial charge in [0, 0.05) is 45.8 Å². The van der Waals surface area contributed by atoms with Gasteiger partial charge in [-0.2, -0.15) is 4.31 Å². The molecule has 0 aliphatic carbocycles. The number of sulfonamides is 1. The number of benzene rings is 2. The molecule has 180 valence electrons. The molecule has 1 aliphatic heterocycles. The minimum Gasteiger partial charge on any atom is -0.497 e. The molecule has 7 nitrogen and oxygen atoms in total. The predicted molar refractivity (Wildman–Crippen MR) is 130 cm³/mol. The second-order valence-electron chi connectivity index (χ2n) is 8.00. The van der Waals surface area contributed by atoms with Crippen molar-refractivity contribution in [2.45, 2.75) is 31.7 Å². The van der Waals surface area contributed by atoms with Crippen LogP contribution in [0.4, 0.5) is 0 Å². The van der Waals surface area contributed by atoms with Gasteiger partial charge in [0.15, 0.2) is 0 Å². The number of carbonyl (C=O) groups excluding carboxylic acids is 1. The zero-order valence-electron chi connectivity index (χ0n) is 19.5. The van der Waals surface area contributed by atoms with Crippen LogP contribution < -0.4 is 4.74 Å². The van der Waals surface area contributed by atoms with E-state index in [1.165, 1.54) is 28.1 Å². The predicted octanol–water partition coefficient (Wildman–Crippen LogP) is 3.73. The lowest BCUT2D eigenvalue weighted by Gasteiger charge is -2.23. The maximum atomic E-state index is 13.3. The summed E-state index contributed by atoms with van der Waals surface area (Å²) in [6.07, 6.45) is 0.830. The van der Waals surface area contributed by atoms with Crippen LogP contribution in [-0.2, 0) is 16.6 Å². The molecule has 1 saturated heterocycles. The first-order valence-electron chi connectivity index (χ1n) is 11.2. The lowest BCUT2D eigenvalue weighted by molar-refractivity contribution is 0.0761. The van der Waals surface area contributed by atoms with Gasteiger partial charge >= 0.3 is 0 Å². The minimum atomic E-state index is -3.67. The molecule has 0 bridgehead atoms. The Morgan fingerprint density at radius 3 is 2.36 bits per heavy atom. The van der Waals surface area contributed by atoms with E-state index in [0.29, 0.717) is 26.2 Å². The summed E-state index contributed by atoms with van der Waals surface area (Å²) in [4.78, 5) is 17.5. The fourth-order valence-corrected chi connectivity index (χ4v) is 5.72. The number of ether oxygens (including phenoxy) is 1. The van der Waals surface area contributed by atoms with E-state index in [4.69, 9.17) is 16.3 Å². The van der Waals surface area contributed by atoms with Gasteiger partial charge in [0.2, 0.25) is 10.0 Å². The Kier molecular flexibility index (Phi) is 8.75. The molecule has 0 aromatic heterocycles. The van der Waals surface area contributed by atoms with E-state index in [1.54, 1.807) is 25.9 Å². The molecule has 0 saturated carbocycles. The number of hydrogen-bond donors (Lipinski definition) is 0. The second kappa shape index (κ2) is 11.3. The number of nitrogens with zero attached hydrogens (tertiary/aromatic N) is 3. The monoisotopic (exact) mass is 493 g/mol. The third-order valence-electron chi connectivity index (χ3n) is 5.95. The van der Waals surface area contributed by atoms with Gasteiger partial charge in [0.1, 0.15) is 5.75 Å². The highest BCUT2D eigenvalue weighted by atomic mass is 35.5. The van der Waals surface area contributed by atoms with Crippen molar-refractivity contribution in [3.63, 3.8) is 0 Å². The molecule has 0 spiro atoms. The number of hydrogen-bond acceptors (Lipinski definition) is 5. The maximum Gasteiger partial charge on any atom is 0.255 e. The molecular formula is C24H32ClN3O4S. The zero-order valence-corrected chi connectivity index (χ0v) is 21.0. The molecule has 1 aliphatic rings. The van der Waals surface area contributed by atoms with E-state index in [2.05, 4.69) is 4.90 Å². The van der Waals surface area contributed by atoms with Crippen LogP contribution in [0.1, 0.15) is 36.2 Å². The van der Waals surface area contributed by atoms with Crippen molar-refractivity contribution in [3.05, 3.63) is 58.6 Å². The summed E-state index contributed by atoms with van der Waals surface area (Å²) < 4.78 is 32.4. The molecule has 1 amide bonds. The van der Waals surface area contributed by atoms with Crippen LogP contribution in [0.15, 0.2) is 47.4 Å². The van der Waals surface area contributed by atoms with Gasteiger partial charge in [-0.3, -0.25) is 9.69 Å². The number of methoxy groups -OCH3 is 1. The quantitative estimate of drug-likeness (QED) is 0.560. The Morgan fingerprint density at radius 1 is 1.03 bits per heavy atom. The van der Waals surface area contributed by atoms with Crippen LogP contribution in [-0.4, -0.2) is 74.8 Å². The zero-order chi connectivity index (χ0) is 24.0. The van der Waals surface area contributed by atoms with E-state index in [9.17, 15) is 13.2 Å². The van der Waals surface area contributed by atoms with E-state index in [-0.39, 0.29) is 21.4 Å². The van der Waals surface area contributed by atoms with Gasteiger partial charge in [-0.25, -0.2) is 8.42 Å². The van der Waals surface area contributed by atoms with Crippen LogP contribution in [0.3, 0.4) is 0 Å². The Morgan fingerprint density at radius 2 is 1.73 bits per heavy atom. The van der Waals surface area contributed by atoms with Crippen LogP contribution in [0, 0.1) is 0 Å². The third-order valence-corrected chi connectivity index (χ3v) is 8.33. The number of rotatable bonds is 8. The van der Waals surface area contributed by atoms with E-state index in [1.807, 2.05) is 24.3 Å². The number of carbonyl (C=O) groups is 1. The third kappa shape index (κ3) is 6.06. The molecule has 0 N–H and O–H groups in total. The van der Waals surface area contributed by atoms with Crippen LogP contribution >= 0.6 is 11.6 Å². The van der Waals surface area contributed by atoms with Crippen molar-refractivity contribution in [3.8, 4) is 5.75 Å². The Balaban J connectivity index is 1.72. The summed E-state index contributed by atoms with van der Waals surface area (Å²) in [5.41, 5.74) is 1.42. The Bertz CT molecular complexity index is 1060. The lowest BCUT2D eigenvalue weighted by atomic mass is 10.2. The highest BCUT2D eigenvalue weighted by Crippen LogP contribution is 2.25. The molecule has 0 unspecified atom stereocenters. The van der Waals surface area contributed by atoms with Gasteiger partial charge in [-0.1, -0.05) is 37.6 Å². The fourth-order valence-electron chi connectivity index (χ4n) is 4.03. The van der Waals surface area contributed by atoms with Crippen molar-refractivity contribution >= 4 is 27.5 Å². The molecule has 1 heterocycles. The van der Waals surface area contributed by atoms with Gasteiger partial charge < -0.3 is 9.64 Å². The summed E-state index contributed by atoms with van der Waals surface area (Å²) in [6.45, 7) is 7.86. The topological polar surface area (TPSA) is 70.2 Å². The Labute approximate surface area is 201 Å². The molecule has 2 aromatic carbocycles. The fraction of sp³-hybridized carbons (Fsp3) is 0.458. The van der Waals surface area contributed by atoms with E-state index in [0.717, 1.165) is 31.8 Å². The largest absolute Gasteiger partial charge is 0.497 e. The normalized spacial score (nSPS) is 15.5. The SMILES string of the molecule is CCN(CC)S(=O)(=O)c1ccc(Cl)c(C(=O)N2CCCN(Cc3ccc(OC)cc3)CC2)c1. The first-order valence-corrected chi connectivity index (χ1v) is 13.1.